The van der Waals surface area contributed by atoms with Gasteiger partial charge in [0.05, 0.1) is 44.2 Å². The van der Waals surface area contributed by atoms with E-state index in [0.717, 1.165) is 31.3 Å². The zero-order valence-electron chi connectivity index (χ0n) is 38.9. The molecule has 4 aliphatic carbocycles. The number of fused-ring (bicyclic) bond motifs is 7. The minimum absolute atomic E-state index is 0.00496. The van der Waals surface area contributed by atoms with E-state index in [1.807, 2.05) is 0 Å². The number of allylic oxidation sites excluding steroid dienone is 1. The molecule has 0 radical (unpaired) electrons. The van der Waals surface area contributed by atoms with Crippen LogP contribution >= 0.6 is 0 Å². The summed E-state index contributed by atoms with van der Waals surface area (Å²) in [5, 5.41) is 95.1. The minimum atomic E-state index is -1.68. The van der Waals surface area contributed by atoms with Gasteiger partial charge in [-0.1, -0.05) is 44.6 Å². The summed E-state index contributed by atoms with van der Waals surface area (Å²) in [5.41, 5.74) is 1.16. The zero-order chi connectivity index (χ0) is 47.8. The molecular weight excluding hydrogens is 868 g/mol. The Bertz CT molecular complexity index is 1770. The molecule has 0 aromatic rings. The van der Waals surface area contributed by atoms with E-state index < -0.39 is 122 Å². The fourth-order valence-corrected chi connectivity index (χ4v) is 13.8. The molecular formula is C47H74O19. The number of esters is 1. The summed E-state index contributed by atoms with van der Waals surface area (Å²) >= 11 is 0. The highest BCUT2D eigenvalue weighted by atomic mass is 16.8. The van der Waals surface area contributed by atoms with Crippen molar-refractivity contribution in [3.63, 3.8) is 0 Å². The predicted octanol–water partition coefficient (Wildman–Crippen LogP) is -0.0766. The van der Waals surface area contributed by atoms with Crippen LogP contribution in [0.4, 0.5) is 0 Å². The lowest BCUT2D eigenvalue weighted by atomic mass is 9.46. The van der Waals surface area contributed by atoms with Gasteiger partial charge in [0.1, 0.15) is 54.9 Å². The number of hydrogen-bond acceptors (Lipinski definition) is 19. The second-order valence-corrected chi connectivity index (χ2v) is 21.0. The number of aliphatic hydroxyl groups excluding tert-OH is 9. The van der Waals surface area contributed by atoms with Gasteiger partial charge in [-0.2, -0.15) is 0 Å². The molecule has 3 saturated carbocycles. The van der Waals surface area contributed by atoms with E-state index >= 15 is 0 Å². The molecule has 0 spiro atoms. The van der Waals surface area contributed by atoms with Crippen molar-refractivity contribution in [2.24, 2.45) is 40.4 Å². The van der Waals surface area contributed by atoms with Crippen LogP contribution in [-0.4, -0.2) is 189 Å². The van der Waals surface area contributed by atoms with Gasteiger partial charge in [0.2, 0.25) is 0 Å². The fourth-order valence-electron chi connectivity index (χ4n) is 13.8. The molecule has 4 aliphatic heterocycles. The van der Waals surface area contributed by atoms with Crippen LogP contribution in [0.2, 0.25) is 0 Å². The van der Waals surface area contributed by atoms with Gasteiger partial charge in [-0.05, 0) is 74.5 Å². The van der Waals surface area contributed by atoms with Gasteiger partial charge in [-0.3, -0.25) is 4.79 Å². The SMILES string of the molecule is C=C(CC[C@@]1(OC)O[C@H]2C[C@H]3[C@@H]4CC=C5C[C@@H](O)C[C@@H](O[C@@H]6OC[C@H](OC(C)=O)[C@H](O)[C@H]6O[C@@H]6O[C@@H](C)[C@H](O)[C@@H](O)[C@H]6O)[C@]5(C)[C@H]4CC[C@]3(C)[C@H]2[C@@H]1C)CO[C@@H]1O[C@H](CO)[C@@H](O)[C@H](O)[C@H]1O. The summed E-state index contributed by atoms with van der Waals surface area (Å²) in [6.45, 7) is 13.0. The molecule has 376 valence electrons. The summed E-state index contributed by atoms with van der Waals surface area (Å²) in [6.07, 6.45) is -13.1. The van der Waals surface area contributed by atoms with Crippen LogP contribution in [0, 0.1) is 40.4 Å². The van der Waals surface area contributed by atoms with Gasteiger partial charge < -0.3 is 88.6 Å². The highest BCUT2D eigenvalue weighted by Crippen LogP contribution is 2.70. The Labute approximate surface area is 385 Å². The number of aliphatic hydroxyl groups is 9. The average molecular weight is 943 g/mol. The fraction of sp³-hybridized carbons (Fsp3) is 0.894. The molecule has 0 unspecified atom stereocenters. The molecule has 9 N–H and O–H groups in total. The number of carbonyl (C=O) groups excluding carboxylic acids is 1. The monoisotopic (exact) mass is 942 g/mol. The van der Waals surface area contributed by atoms with Crippen molar-refractivity contribution in [2.75, 3.05) is 26.9 Å². The minimum Gasteiger partial charge on any atom is -0.457 e. The van der Waals surface area contributed by atoms with E-state index in [9.17, 15) is 50.8 Å². The molecule has 0 bridgehead atoms. The van der Waals surface area contributed by atoms with Gasteiger partial charge >= 0.3 is 5.97 Å². The van der Waals surface area contributed by atoms with E-state index in [1.54, 1.807) is 7.11 Å². The predicted molar refractivity (Wildman–Crippen MR) is 227 cm³/mol. The zero-order valence-corrected chi connectivity index (χ0v) is 38.9. The van der Waals surface area contributed by atoms with E-state index in [2.05, 4.69) is 33.4 Å². The molecule has 8 aliphatic rings. The maximum absolute atomic E-state index is 12.0. The second-order valence-electron chi connectivity index (χ2n) is 21.0. The molecule has 4 heterocycles. The first-order chi connectivity index (χ1) is 31.2. The molecule has 19 heteroatoms. The number of ether oxygens (including phenoxy) is 9. The number of hydrogen-bond donors (Lipinski definition) is 9. The molecule has 4 saturated heterocycles. The summed E-state index contributed by atoms with van der Waals surface area (Å²) in [5.74, 6) is -0.604. The number of carbonyl (C=O) groups is 1. The molecule has 19 nitrogen and oxygen atoms in total. The highest BCUT2D eigenvalue weighted by molar-refractivity contribution is 5.66. The molecule has 8 rings (SSSR count). The highest BCUT2D eigenvalue weighted by Gasteiger charge is 2.69. The first-order valence-corrected chi connectivity index (χ1v) is 23.9. The molecule has 7 fully saturated rings. The van der Waals surface area contributed by atoms with Crippen LogP contribution in [0.5, 0.6) is 0 Å². The maximum atomic E-state index is 12.0. The van der Waals surface area contributed by atoms with Gasteiger partial charge in [-0.15, -0.1) is 0 Å². The Balaban J connectivity index is 0.961. The van der Waals surface area contributed by atoms with Crippen molar-refractivity contribution in [3.8, 4) is 0 Å². The molecule has 66 heavy (non-hydrogen) atoms. The van der Waals surface area contributed by atoms with Crippen molar-refractivity contribution in [2.45, 2.75) is 196 Å². The lowest BCUT2D eigenvalue weighted by Crippen LogP contribution is -2.63. The summed E-state index contributed by atoms with van der Waals surface area (Å²) < 4.78 is 54.9. The topological polar surface area (TPSA) is 282 Å². The van der Waals surface area contributed by atoms with Gasteiger partial charge in [0.25, 0.3) is 0 Å². The first kappa shape index (κ1) is 50.7. The third kappa shape index (κ3) is 8.77. The Morgan fingerprint density at radius 2 is 1.59 bits per heavy atom. The van der Waals surface area contributed by atoms with Crippen molar-refractivity contribution in [1.82, 2.24) is 0 Å². The van der Waals surface area contributed by atoms with Crippen LogP contribution in [0.15, 0.2) is 23.8 Å². The summed E-state index contributed by atoms with van der Waals surface area (Å²) in [6, 6.07) is 0. The van der Waals surface area contributed by atoms with Crippen LogP contribution in [0.25, 0.3) is 0 Å². The van der Waals surface area contributed by atoms with E-state index in [4.69, 9.17) is 42.6 Å². The van der Waals surface area contributed by atoms with E-state index in [-0.39, 0.29) is 54.8 Å². The lowest BCUT2D eigenvalue weighted by molar-refractivity contribution is -0.363. The summed E-state index contributed by atoms with van der Waals surface area (Å²) in [4.78, 5) is 12.0. The van der Waals surface area contributed by atoms with Crippen LogP contribution in [-0.2, 0) is 47.4 Å². The average Bonchev–Trinajstić information content (AvgIpc) is 3.74. The Kier molecular flexibility index (Phi) is 14.9. The third-order valence-electron chi connectivity index (χ3n) is 17.4. The molecule has 0 amide bonds. The lowest BCUT2D eigenvalue weighted by Gasteiger charge is -2.60. The van der Waals surface area contributed by atoms with Crippen molar-refractivity contribution in [3.05, 3.63) is 23.8 Å². The number of methoxy groups -OCH3 is 1. The Morgan fingerprint density at radius 3 is 2.29 bits per heavy atom. The van der Waals surface area contributed by atoms with Crippen molar-refractivity contribution in [1.29, 1.82) is 0 Å². The quantitative estimate of drug-likeness (QED) is 0.0863. The van der Waals surface area contributed by atoms with Crippen LogP contribution in [0.1, 0.15) is 86.0 Å². The number of rotatable bonds is 13. The largest absolute Gasteiger partial charge is 0.457 e. The van der Waals surface area contributed by atoms with Crippen molar-refractivity contribution < 1.29 is 93.4 Å². The van der Waals surface area contributed by atoms with E-state index in [0.29, 0.717) is 30.8 Å². The molecule has 0 aromatic carbocycles. The van der Waals surface area contributed by atoms with Crippen LogP contribution < -0.4 is 0 Å². The Morgan fingerprint density at radius 1 is 0.879 bits per heavy atom. The van der Waals surface area contributed by atoms with Gasteiger partial charge in [0.15, 0.2) is 30.8 Å². The molecule has 25 atom stereocenters. The standard InChI is InChI=1S/C47H74O19/c1-20(18-59-42-39(56)38(55)35(52)30(17-48)63-42)10-13-47(58-7)21(2)33-29(66-47)16-28-26-9-8-24-14-25(50)15-32(46(24,6)27(26)11-12-45(28,33)5)64-44-41(36(53)31(19-60-44)62-23(4)49)65-43-40(57)37(54)34(51)22(3)61-43/h8,21-22,25-44,48,50-57H,1,9-19H2,2-7H3/t21-,22-,25+,26+,27-,28-,29-,30+,31-,32+,33-,34-,35+,36-,37+,38-,39+,40+,41+,42+,43-,44-,45-,46-,47+/m0/s1. The Hall–Kier alpha value is -1.73. The normalized spacial score (nSPS) is 52.4. The van der Waals surface area contributed by atoms with Crippen molar-refractivity contribution >= 4 is 5.97 Å². The van der Waals surface area contributed by atoms with Crippen LogP contribution in [0.3, 0.4) is 0 Å². The van der Waals surface area contributed by atoms with E-state index in [1.165, 1.54) is 13.8 Å². The summed E-state index contributed by atoms with van der Waals surface area (Å²) in [7, 11) is 1.67. The van der Waals surface area contributed by atoms with Gasteiger partial charge in [0, 0.05) is 38.2 Å². The molecule has 0 aromatic heterocycles. The smallest absolute Gasteiger partial charge is 0.303 e. The van der Waals surface area contributed by atoms with Gasteiger partial charge in [-0.25, -0.2) is 0 Å². The third-order valence-corrected chi connectivity index (χ3v) is 17.4. The maximum Gasteiger partial charge on any atom is 0.303 e. The first-order valence-electron chi connectivity index (χ1n) is 23.9. The second kappa shape index (κ2) is 19.5.